The van der Waals surface area contributed by atoms with Gasteiger partial charge in [-0.05, 0) is 31.1 Å². The zero-order valence-corrected chi connectivity index (χ0v) is 10.2. The maximum atomic E-state index is 11.9. The molecule has 0 heterocycles. The summed E-state index contributed by atoms with van der Waals surface area (Å²) in [4.78, 5) is 11.9. The van der Waals surface area contributed by atoms with Crippen LogP contribution >= 0.6 is 0 Å². The van der Waals surface area contributed by atoms with E-state index < -0.39 is 18.1 Å². The summed E-state index contributed by atoms with van der Waals surface area (Å²) in [5, 5.41) is 37.9. The Hall–Kier alpha value is -1.85. The third kappa shape index (κ3) is 2.77. The van der Waals surface area contributed by atoms with Gasteiger partial charge in [0.2, 0.25) is 0 Å². The van der Waals surface area contributed by atoms with Gasteiger partial charge in [0.1, 0.15) is 0 Å². The molecule has 0 aromatic heterocycles. The van der Waals surface area contributed by atoms with Crippen molar-refractivity contribution >= 4 is 11.9 Å². The topological polar surface area (TPSA) is 98.0 Å². The second-order valence-electron chi connectivity index (χ2n) is 4.69. The molecule has 0 bridgehead atoms. The summed E-state index contributed by atoms with van der Waals surface area (Å²) in [5.41, 5.74) is 0.321. The van der Waals surface area contributed by atoms with Gasteiger partial charge in [-0.1, -0.05) is 12.1 Å². The van der Waals surface area contributed by atoms with Crippen LogP contribution in [0.1, 0.15) is 18.4 Å². The lowest BCUT2D eigenvalue weighted by Gasteiger charge is -2.13. The molecule has 102 valence electrons. The molecule has 5 heteroatoms. The van der Waals surface area contributed by atoms with Gasteiger partial charge >= 0.3 is 0 Å². The molecule has 3 atom stereocenters. The standard InChI is InChI=1S/C14H16O5/c15-10(9-5-7-12(17)14(9)19)6-4-8-2-1-3-11(16)13(8)18/h1-4,6,9,12,14,16-19H,5,7H2/b6-4+. The summed E-state index contributed by atoms with van der Waals surface area (Å²) in [6.07, 6.45) is 1.60. The third-order valence-electron chi connectivity index (χ3n) is 3.42. The maximum Gasteiger partial charge on any atom is 0.164 e. The lowest BCUT2D eigenvalue weighted by molar-refractivity contribution is -0.121. The molecule has 5 nitrogen and oxygen atoms in total. The largest absolute Gasteiger partial charge is 0.504 e. The molecule has 1 aromatic carbocycles. The Kier molecular flexibility index (Phi) is 3.87. The molecule has 2 rings (SSSR count). The van der Waals surface area contributed by atoms with Crippen LogP contribution in [0.3, 0.4) is 0 Å². The average Bonchev–Trinajstić information content (AvgIpc) is 2.72. The Balaban J connectivity index is 2.10. The van der Waals surface area contributed by atoms with Crippen LogP contribution in [0.25, 0.3) is 6.08 Å². The highest BCUT2D eigenvalue weighted by Crippen LogP contribution is 2.30. The quantitative estimate of drug-likeness (QED) is 0.478. The molecule has 0 spiro atoms. The minimum absolute atomic E-state index is 0.258. The van der Waals surface area contributed by atoms with Gasteiger partial charge in [0.15, 0.2) is 17.3 Å². The number of para-hydroxylation sites is 1. The maximum absolute atomic E-state index is 11.9. The van der Waals surface area contributed by atoms with Crippen molar-refractivity contribution in [1.29, 1.82) is 0 Å². The van der Waals surface area contributed by atoms with Crippen molar-refractivity contribution < 1.29 is 25.2 Å². The van der Waals surface area contributed by atoms with E-state index >= 15 is 0 Å². The Morgan fingerprint density at radius 1 is 1.21 bits per heavy atom. The van der Waals surface area contributed by atoms with E-state index in [4.69, 9.17) is 0 Å². The fourth-order valence-corrected chi connectivity index (χ4v) is 2.25. The molecule has 3 unspecified atom stereocenters. The van der Waals surface area contributed by atoms with Crippen LogP contribution in [0.15, 0.2) is 24.3 Å². The number of aliphatic hydroxyl groups is 2. The fraction of sp³-hybridized carbons (Fsp3) is 0.357. The molecule has 1 aliphatic carbocycles. The van der Waals surface area contributed by atoms with Crippen LogP contribution in [-0.2, 0) is 4.79 Å². The molecule has 1 aromatic rings. The SMILES string of the molecule is O=C(/C=C/c1cccc(O)c1O)C1CCC(O)C1O. The van der Waals surface area contributed by atoms with Gasteiger partial charge in [0, 0.05) is 5.56 Å². The first kappa shape index (κ1) is 13.6. The molecule has 1 saturated carbocycles. The number of carbonyl (C=O) groups excluding carboxylic acids is 1. The fourth-order valence-electron chi connectivity index (χ4n) is 2.25. The number of rotatable bonds is 3. The van der Waals surface area contributed by atoms with Gasteiger partial charge in [0.05, 0.1) is 18.1 Å². The summed E-state index contributed by atoms with van der Waals surface area (Å²) < 4.78 is 0. The summed E-state index contributed by atoms with van der Waals surface area (Å²) in [6, 6.07) is 4.44. The number of benzene rings is 1. The molecule has 4 N–H and O–H groups in total. The van der Waals surface area contributed by atoms with Crippen molar-refractivity contribution in [3.05, 3.63) is 29.8 Å². The molecule has 1 aliphatic rings. The van der Waals surface area contributed by atoms with E-state index in [1.165, 1.54) is 18.2 Å². The van der Waals surface area contributed by atoms with Gasteiger partial charge in [-0.2, -0.15) is 0 Å². The Bertz CT molecular complexity index is 509. The van der Waals surface area contributed by atoms with E-state index in [2.05, 4.69) is 0 Å². The molecule has 0 radical (unpaired) electrons. The number of aliphatic hydroxyl groups excluding tert-OH is 2. The van der Waals surface area contributed by atoms with Gasteiger partial charge in [-0.15, -0.1) is 0 Å². The number of phenols is 2. The van der Waals surface area contributed by atoms with E-state index in [1.54, 1.807) is 12.1 Å². The third-order valence-corrected chi connectivity index (χ3v) is 3.42. The van der Waals surface area contributed by atoms with Crippen LogP contribution < -0.4 is 0 Å². The minimum Gasteiger partial charge on any atom is -0.504 e. The van der Waals surface area contributed by atoms with Crippen LogP contribution in [-0.4, -0.2) is 38.4 Å². The lowest BCUT2D eigenvalue weighted by atomic mass is 9.99. The first-order valence-electron chi connectivity index (χ1n) is 6.09. The van der Waals surface area contributed by atoms with Gasteiger partial charge in [-0.25, -0.2) is 0 Å². The van der Waals surface area contributed by atoms with Crippen molar-refractivity contribution in [2.75, 3.05) is 0 Å². The number of hydrogen-bond donors (Lipinski definition) is 4. The van der Waals surface area contributed by atoms with Gasteiger partial charge in [0.25, 0.3) is 0 Å². The first-order chi connectivity index (χ1) is 9.00. The van der Waals surface area contributed by atoms with Crippen molar-refractivity contribution in [2.24, 2.45) is 5.92 Å². The second-order valence-corrected chi connectivity index (χ2v) is 4.69. The minimum atomic E-state index is -1.03. The zero-order chi connectivity index (χ0) is 14.0. The predicted octanol–water partition coefficient (Wildman–Crippen LogP) is 0.812. The highest BCUT2D eigenvalue weighted by Gasteiger charge is 2.36. The molecular formula is C14H16O5. The lowest BCUT2D eigenvalue weighted by Crippen LogP contribution is -2.29. The normalized spacial score (nSPS) is 26.9. The highest BCUT2D eigenvalue weighted by atomic mass is 16.3. The summed E-state index contributed by atoms with van der Waals surface area (Å²) in [5.74, 6) is -1.46. The van der Waals surface area contributed by atoms with Crippen LogP contribution in [0, 0.1) is 5.92 Å². The predicted molar refractivity (Wildman–Crippen MR) is 68.6 cm³/mol. The number of ketones is 1. The van der Waals surface area contributed by atoms with Crippen molar-refractivity contribution in [2.45, 2.75) is 25.0 Å². The van der Waals surface area contributed by atoms with E-state index in [0.717, 1.165) is 0 Å². The van der Waals surface area contributed by atoms with Crippen LogP contribution in [0.2, 0.25) is 0 Å². The molecule has 0 aliphatic heterocycles. The van der Waals surface area contributed by atoms with Gasteiger partial charge < -0.3 is 20.4 Å². The average molecular weight is 264 g/mol. The van der Waals surface area contributed by atoms with E-state index in [-0.39, 0.29) is 17.3 Å². The van der Waals surface area contributed by atoms with Crippen LogP contribution in [0.4, 0.5) is 0 Å². The van der Waals surface area contributed by atoms with Crippen molar-refractivity contribution in [1.82, 2.24) is 0 Å². The Morgan fingerprint density at radius 3 is 2.58 bits per heavy atom. The number of aromatic hydroxyl groups is 2. The highest BCUT2D eigenvalue weighted by molar-refractivity contribution is 5.96. The molecule has 19 heavy (non-hydrogen) atoms. The molecule has 1 fully saturated rings. The smallest absolute Gasteiger partial charge is 0.164 e. The van der Waals surface area contributed by atoms with Crippen molar-refractivity contribution in [3.8, 4) is 11.5 Å². The second kappa shape index (κ2) is 5.42. The summed E-state index contributed by atoms with van der Waals surface area (Å²) in [6.45, 7) is 0. The van der Waals surface area contributed by atoms with Crippen LogP contribution in [0.5, 0.6) is 11.5 Å². The Labute approximate surface area is 110 Å². The first-order valence-corrected chi connectivity index (χ1v) is 6.09. The van der Waals surface area contributed by atoms with E-state index in [0.29, 0.717) is 18.4 Å². The molecule has 0 saturated heterocycles. The number of phenolic OH excluding ortho intramolecular Hbond substituents is 2. The Morgan fingerprint density at radius 2 is 1.95 bits per heavy atom. The molecular weight excluding hydrogens is 248 g/mol. The van der Waals surface area contributed by atoms with Gasteiger partial charge in [-0.3, -0.25) is 4.79 Å². The summed E-state index contributed by atoms with van der Waals surface area (Å²) in [7, 11) is 0. The number of carbonyl (C=O) groups is 1. The number of hydrogen-bond acceptors (Lipinski definition) is 5. The number of allylic oxidation sites excluding steroid dienone is 1. The zero-order valence-electron chi connectivity index (χ0n) is 10.2. The summed E-state index contributed by atoms with van der Waals surface area (Å²) >= 11 is 0. The van der Waals surface area contributed by atoms with E-state index in [1.807, 2.05) is 0 Å². The van der Waals surface area contributed by atoms with E-state index in [9.17, 15) is 25.2 Å². The molecule has 0 amide bonds. The van der Waals surface area contributed by atoms with Crippen molar-refractivity contribution in [3.63, 3.8) is 0 Å². The monoisotopic (exact) mass is 264 g/mol.